The lowest BCUT2D eigenvalue weighted by atomic mass is 10.1. The second kappa shape index (κ2) is 3.57. The SMILES string of the molecule is O=C(O)C1C(c2cc(F)cc(F)c2)C1(Cl)Cl. The number of rotatable bonds is 2. The molecular formula is C10H6Cl2F2O2. The van der Waals surface area contributed by atoms with Crippen molar-refractivity contribution >= 4 is 29.2 Å². The molecule has 2 nitrogen and oxygen atoms in total. The molecule has 0 spiro atoms. The molecule has 0 aromatic heterocycles. The molecule has 1 saturated carbocycles. The summed E-state index contributed by atoms with van der Waals surface area (Å²) in [4.78, 5) is 10.8. The maximum atomic E-state index is 12.9. The summed E-state index contributed by atoms with van der Waals surface area (Å²) in [6, 6.07) is 2.78. The highest BCUT2D eigenvalue weighted by atomic mass is 35.5. The van der Waals surface area contributed by atoms with Crippen LogP contribution in [0.2, 0.25) is 0 Å². The number of hydrogen-bond acceptors (Lipinski definition) is 1. The fourth-order valence-corrected chi connectivity index (χ4v) is 2.62. The van der Waals surface area contributed by atoms with Crippen LogP contribution in [0.4, 0.5) is 8.78 Å². The maximum absolute atomic E-state index is 12.9. The zero-order chi connectivity index (χ0) is 12.1. The predicted molar refractivity (Wildman–Crippen MR) is 54.7 cm³/mol. The Labute approximate surface area is 99.8 Å². The van der Waals surface area contributed by atoms with Crippen LogP contribution < -0.4 is 0 Å². The van der Waals surface area contributed by atoms with Gasteiger partial charge in [-0.1, -0.05) is 23.2 Å². The third-order valence-electron chi connectivity index (χ3n) is 2.56. The molecule has 2 atom stereocenters. The van der Waals surface area contributed by atoms with E-state index in [1.807, 2.05) is 0 Å². The Morgan fingerprint density at radius 3 is 2.12 bits per heavy atom. The van der Waals surface area contributed by atoms with Crippen molar-refractivity contribution < 1.29 is 18.7 Å². The van der Waals surface area contributed by atoms with Crippen LogP contribution in [0.1, 0.15) is 11.5 Å². The molecule has 0 bridgehead atoms. The van der Waals surface area contributed by atoms with E-state index < -0.39 is 33.8 Å². The van der Waals surface area contributed by atoms with E-state index in [4.69, 9.17) is 28.3 Å². The van der Waals surface area contributed by atoms with Gasteiger partial charge in [-0.3, -0.25) is 4.79 Å². The molecule has 86 valence electrons. The minimum Gasteiger partial charge on any atom is -0.481 e. The molecular weight excluding hydrogens is 261 g/mol. The van der Waals surface area contributed by atoms with Gasteiger partial charge in [0.15, 0.2) is 0 Å². The number of halogens is 4. The Hall–Kier alpha value is -0.870. The highest BCUT2D eigenvalue weighted by Gasteiger charge is 2.68. The van der Waals surface area contributed by atoms with Gasteiger partial charge in [-0.2, -0.15) is 0 Å². The molecule has 1 fully saturated rings. The number of carbonyl (C=O) groups is 1. The van der Waals surface area contributed by atoms with E-state index in [1.54, 1.807) is 0 Å². The highest BCUT2D eigenvalue weighted by molar-refractivity contribution is 6.53. The van der Waals surface area contributed by atoms with Crippen molar-refractivity contribution in [3.8, 4) is 0 Å². The Morgan fingerprint density at radius 1 is 1.25 bits per heavy atom. The lowest BCUT2D eigenvalue weighted by Crippen LogP contribution is -2.03. The Morgan fingerprint density at radius 2 is 1.75 bits per heavy atom. The van der Waals surface area contributed by atoms with Crippen molar-refractivity contribution in [1.29, 1.82) is 0 Å². The first-order chi connectivity index (χ1) is 7.34. The third kappa shape index (κ3) is 1.76. The Kier molecular flexibility index (Phi) is 2.59. The monoisotopic (exact) mass is 266 g/mol. The van der Waals surface area contributed by atoms with Crippen LogP contribution in [0.3, 0.4) is 0 Å². The molecule has 0 saturated heterocycles. The summed E-state index contributed by atoms with van der Waals surface area (Å²) in [5.74, 6) is -4.56. The first-order valence-corrected chi connectivity index (χ1v) is 5.16. The van der Waals surface area contributed by atoms with Crippen molar-refractivity contribution in [2.24, 2.45) is 5.92 Å². The van der Waals surface area contributed by atoms with Crippen molar-refractivity contribution in [2.45, 2.75) is 10.3 Å². The van der Waals surface area contributed by atoms with E-state index >= 15 is 0 Å². The first-order valence-electron chi connectivity index (χ1n) is 4.40. The van der Waals surface area contributed by atoms with Crippen LogP contribution >= 0.6 is 23.2 Å². The van der Waals surface area contributed by atoms with Gasteiger partial charge < -0.3 is 5.11 Å². The number of carboxylic acid groups (broad SMARTS) is 1. The van der Waals surface area contributed by atoms with Gasteiger partial charge in [0.1, 0.15) is 16.0 Å². The van der Waals surface area contributed by atoms with Crippen LogP contribution in [0.25, 0.3) is 0 Å². The van der Waals surface area contributed by atoms with Crippen molar-refractivity contribution in [3.05, 3.63) is 35.4 Å². The number of benzene rings is 1. The summed E-state index contributed by atoms with van der Waals surface area (Å²) in [6.07, 6.45) is 0. The average Bonchev–Trinajstić information content (AvgIpc) is 2.67. The zero-order valence-corrected chi connectivity index (χ0v) is 9.27. The fraction of sp³-hybridized carbons (Fsp3) is 0.300. The zero-order valence-electron chi connectivity index (χ0n) is 7.75. The first kappa shape index (κ1) is 11.6. The molecule has 2 unspecified atom stereocenters. The van der Waals surface area contributed by atoms with E-state index in [0.717, 1.165) is 12.1 Å². The lowest BCUT2D eigenvalue weighted by molar-refractivity contribution is -0.138. The highest BCUT2D eigenvalue weighted by Crippen LogP contribution is 2.65. The van der Waals surface area contributed by atoms with Crippen LogP contribution in [0.5, 0.6) is 0 Å². The topological polar surface area (TPSA) is 37.3 Å². The summed E-state index contributed by atoms with van der Waals surface area (Å²) in [5.41, 5.74) is 0.162. The van der Waals surface area contributed by atoms with Crippen LogP contribution in [-0.4, -0.2) is 15.4 Å². The summed E-state index contributed by atoms with van der Waals surface area (Å²) in [6.45, 7) is 0. The number of alkyl halides is 2. The number of carboxylic acids is 1. The maximum Gasteiger partial charge on any atom is 0.310 e. The molecule has 0 heterocycles. The van der Waals surface area contributed by atoms with E-state index in [1.165, 1.54) is 0 Å². The van der Waals surface area contributed by atoms with Gasteiger partial charge >= 0.3 is 5.97 Å². The normalized spacial score (nSPS) is 26.5. The summed E-state index contributed by atoms with van der Waals surface area (Å²) in [5, 5.41) is 8.80. The average molecular weight is 267 g/mol. The van der Waals surface area contributed by atoms with E-state index in [-0.39, 0.29) is 5.56 Å². The summed E-state index contributed by atoms with van der Waals surface area (Å²) < 4.78 is 24.4. The largest absolute Gasteiger partial charge is 0.481 e. The smallest absolute Gasteiger partial charge is 0.310 e. The Bertz CT molecular complexity index is 442. The van der Waals surface area contributed by atoms with E-state index in [2.05, 4.69) is 0 Å². The van der Waals surface area contributed by atoms with Gasteiger partial charge in [0.2, 0.25) is 0 Å². The van der Waals surface area contributed by atoms with Crippen LogP contribution in [0.15, 0.2) is 18.2 Å². The Balaban J connectivity index is 2.37. The fourth-order valence-electron chi connectivity index (χ4n) is 1.80. The van der Waals surface area contributed by atoms with Crippen molar-refractivity contribution in [3.63, 3.8) is 0 Å². The van der Waals surface area contributed by atoms with Crippen LogP contribution in [-0.2, 0) is 4.79 Å². The molecule has 0 amide bonds. The van der Waals surface area contributed by atoms with E-state index in [9.17, 15) is 13.6 Å². The third-order valence-corrected chi connectivity index (χ3v) is 3.50. The molecule has 1 aliphatic rings. The molecule has 1 aromatic carbocycles. The quantitative estimate of drug-likeness (QED) is 0.836. The van der Waals surface area contributed by atoms with Gasteiger partial charge in [0.25, 0.3) is 0 Å². The van der Waals surface area contributed by atoms with Gasteiger partial charge in [0, 0.05) is 12.0 Å². The molecule has 0 aliphatic heterocycles. The second-order valence-corrected chi connectivity index (χ2v) is 5.12. The minimum atomic E-state index is -1.49. The molecule has 6 heteroatoms. The summed E-state index contributed by atoms with van der Waals surface area (Å²) in [7, 11) is 0. The van der Waals surface area contributed by atoms with Crippen molar-refractivity contribution in [1.82, 2.24) is 0 Å². The molecule has 1 aliphatic carbocycles. The summed E-state index contributed by atoms with van der Waals surface area (Å²) >= 11 is 11.5. The van der Waals surface area contributed by atoms with Crippen LogP contribution in [0, 0.1) is 17.6 Å². The number of aliphatic carboxylic acids is 1. The van der Waals surface area contributed by atoms with Crippen molar-refractivity contribution in [2.75, 3.05) is 0 Å². The minimum absolute atomic E-state index is 0.162. The standard InChI is InChI=1S/C10H6Cl2F2O2/c11-10(12)7(8(10)9(15)16)4-1-5(13)3-6(14)2-4/h1-3,7-8H,(H,15,16). The van der Waals surface area contributed by atoms with Gasteiger partial charge in [-0.05, 0) is 17.7 Å². The molecule has 1 aromatic rings. The van der Waals surface area contributed by atoms with Gasteiger partial charge in [0.05, 0.1) is 5.92 Å². The van der Waals surface area contributed by atoms with Gasteiger partial charge in [-0.25, -0.2) is 8.78 Å². The predicted octanol–water partition coefficient (Wildman–Crippen LogP) is 2.94. The lowest BCUT2D eigenvalue weighted by Gasteiger charge is -2.00. The van der Waals surface area contributed by atoms with Gasteiger partial charge in [-0.15, -0.1) is 0 Å². The second-order valence-electron chi connectivity index (χ2n) is 3.67. The van der Waals surface area contributed by atoms with E-state index in [0.29, 0.717) is 6.07 Å². The molecule has 1 N–H and O–H groups in total. The molecule has 16 heavy (non-hydrogen) atoms. The molecule has 0 radical (unpaired) electrons. The molecule has 2 rings (SSSR count). The number of hydrogen-bond donors (Lipinski definition) is 1.